The highest BCUT2D eigenvalue weighted by atomic mass is 79.9. The van der Waals surface area contributed by atoms with Gasteiger partial charge in [0, 0.05) is 22.1 Å². The zero-order valence-corrected chi connectivity index (χ0v) is 14.8. The number of benzene rings is 1. The second kappa shape index (κ2) is 5.00. The maximum atomic E-state index is 6.01. The quantitative estimate of drug-likeness (QED) is 0.764. The topological polar surface area (TPSA) is 12.0 Å². The fraction of sp³-hybridized carbons (Fsp3) is 0.647. The highest BCUT2D eigenvalue weighted by Crippen LogP contribution is 2.62. The number of halogens is 2. The van der Waals surface area contributed by atoms with Gasteiger partial charge in [0.2, 0.25) is 0 Å². The zero-order chi connectivity index (χ0) is 14.5. The molecule has 2 saturated carbocycles. The lowest BCUT2D eigenvalue weighted by molar-refractivity contribution is 0.108. The minimum Gasteiger partial charge on any atom is -0.309 e. The summed E-state index contributed by atoms with van der Waals surface area (Å²) >= 11 is 9.63. The number of hydrogen-bond donors (Lipinski definition) is 1. The third-order valence-corrected chi connectivity index (χ3v) is 6.75. The van der Waals surface area contributed by atoms with E-state index < -0.39 is 0 Å². The van der Waals surface area contributed by atoms with E-state index in [-0.39, 0.29) is 0 Å². The molecule has 0 aliphatic heterocycles. The molecule has 110 valence electrons. The first kappa shape index (κ1) is 14.9. The SMILES string of the molecule is CC12CCC(C1)C(C)(C)C2NCc1ccc(Cl)cc1Br. The van der Waals surface area contributed by atoms with E-state index in [4.69, 9.17) is 11.6 Å². The van der Waals surface area contributed by atoms with E-state index in [9.17, 15) is 0 Å². The van der Waals surface area contributed by atoms with Gasteiger partial charge in [-0.15, -0.1) is 0 Å². The van der Waals surface area contributed by atoms with Gasteiger partial charge in [-0.1, -0.05) is 54.4 Å². The lowest BCUT2D eigenvalue weighted by Crippen LogP contribution is -2.49. The maximum absolute atomic E-state index is 6.01. The van der Waals surface area contributed by atoms with Crippen LogP contribution in [-0.2, 0) is 6.54 Å². The second-order valence-corrected chi connectivity index (χ2v) is 8.76. The predicted molar refractivity (Wildman–Crippen MR) is 89.0 cm³/mol. The van der Waals surface area contributed by atoms with Crippen LogP contribution in [0.2, 0.25) is 5.02 Å². The molecular formula is C17H23BrClN. The first-order chi connectivity index (χ1) is 9.33. The molecule has 0 radical (unpaired) electrons. The van der Waals surface area contributed by atoms with Crippen LogP contribution in [0.3, 0.4) is 0 Å². The Balaban J connectivity index is 1.75. The van der Waals surface area contributed by atoms with Crippen molar-refractivity contribution in [3.05, 3.63) is 33.3 Å². The minimum atomic E-state index is 0.409. The highest BCUT2D eigenvalue weighted by molar-refractivity contribution is 9.10. The van der Waals surface area contributed by atoms with Gasteiger partial charge in [-0.3, -0.25) is 0 Å². The summed E-state index contributed by atoms with van der Waals surface area (Å²) in [7, 11) is 0. The lowest BCUT2D eigenvalue weighted by Gasteiger charge is -2.43. The van der Waals surface area contributed by atoms with Gasteiger partial charge >= 0.3 is 0 Å². The standard InChI is InChI=1S/C17H23BrClN/c1-16(2)12-6-7-17(3,9-12)15(16)20-10-11-4-5-13(19)8-14(11)18/h4-5,8,12,15,20H,6-7,9-10H2,1-3H3. The third kappa shape index (κ3) is 2.34. The van der Waals surface area contributed by atoms with Crippen LogP contribution in [0.15, 0.2) is 22.7 Å². The normalized spacial score (nSPS) is 34.6. The van der Waals surface area contributed by atoms with Crippen molar-refractivity contribution >= 4 is 27.5 Å². The molecule has 3 unspecified atom stereocenters. The summed E-state index contributed by atoms with van der Waals surface area (Å²) in [5.74, 6) is 0.888. The van der Waals surface area contributed by atoms with E-state index in [0.29, 0.717) is 16.9 Å². The predicted octanol–water partition coefficient (Wildman–Crippen LogP) is 5.41. The maximum Gasteiger partial charge on any atom is 0.0417 e. The molecular weight excluding hydrogens is 334 g/mol. The van der Waals surface area contributed by atoms with Crippen LogP contribution in [0.5, 0.6) is 0 Å². The molecule has 0 aromatic heterocycles. The van der Waals surface area contributed by atoms with Gasteiger partial charge < -0.3 is 5.32 Å². The first-order valence-corrected chi connectivity index (χ1v) is 8.67. The molecule has 3 rings (SSSR count). The summed E-state index contributed by atoms with van der Waals surface area (Å²) in [6.07, 6.45) is 4.17. The molecule has 20 heavy (non-hydrogen) atoms. The fourth-order valence-electron chi connectivity index (χ4n) is 4.69. The summed E-state index contributed by atoms with van der Waals surface area (Å²) in [6, 6.07) is 6.67. The Morgan fingerprint density at radius 2 is 2.10 bits per heavy atom. The van der Waals surface area contributed by atoms with Crippen LogP contribution in [0.25, 0.3) is 0 Å². The van der Waals surface area contributed by atoms with Crippen molar-refractivity contribution in [3.63, 3.8) is 0 Å². The summed E-state index contributed by atoms with van der Waals surface area (Å²) in [5.41, 5.74) is 2.18. The van der Waals surface area contributed by atoms with E-state index in [0.717, 1.165) is 22.0 Å². The molecule has 1 aromatic rings. The van der Waals surface area contributed by atoms with Crippen molar-refractivity contribution in [3.8, 4) is 0 Å². The lowest BCUT2D eigenvalue weighted by atomic mass is 9.68. The molecule has 2 fully saturated rings. The summed E-state index contributed by atoms with van der Waals surface area (Å²) < 4.78 is 1.10. The minimum absolute atomic E-state index is 0.409. The Kier molecular flexibility index (Phi) is 3.72. The van der Waals surface area contributed by atoms with Gasteiger partial charge in [0.05, 0.1) is 0 Å². The molecule has 3 atom stereocenters. The van der Waals surface area contributed by atoms with Crippen molar-refractivity contribution < 1.29 is 0 Å². The Labute approximate surface area is 135 Å². The second-order valence-electron chi connectivity index (χ2n) is 7.46. The number of hydrogen-bond acceptors (Lipinski definition) is 1. The van der Waals surface area contributed by atoms with Crippen LogP contribution in [0.1, 0.15) is 45.6 Å². The molecule has 2 aliphatic rings. The Morgan fingerprint density at radius 1 is 1.35 bits per heavy atom. The molecule has 0 heterocycles. The van der Waals surface area contributed by atoms with Gasteiger partial charge in [-0.25, -0.2) is 0 Å². The van der Waals surface area contributed by atoms with E-state index in [1.807, 2.05) is 12.1 Å². The Bertz CT molecular complexity index is 523. The van der Waals surface area contributed by atoms with Crippen LogP contribution in [-0.4, -0.2) is 6.04 Å². The molecule has 0 amide bonds. The van der Waals surface area contributed by atoms with Crippen LogP contribution < -0.4 is 5.32 Å². The van der Waals surface area contributed by atoms with Gasteiger partial charge in [0.25, 0.3) is 0 Å². The molecule has 1 nitrogen and oxygen atoms in total. The van der Waals surface area contributed by atoms with Gasteiger partial charge in [-0.05, 0) is 53.7 Å². The number of rotatable bonds is 3. The molecule has 1 N–H and O–H groups in total. The summed E-state index contributed by atoms with van der Waals surface area (Å²) in [5, 5.41) is 4.63. The van der Waals surface area contributed by atoms with Gasteiger partial charge in [0.15, 0.2) is 0 Å². The number of fused-ring (bicyclic) bond motifs is 2. The molecule has 3 heteroatoms. The van der Waals surface area contributed by atoms with Crippen molar-refractivity contribution in [1.82, 2.24) is 5.32 Å². The van der Waals surface area contributed by atoms with Crippen LogP contribution >= 0.6 is 27.5 Å². The van der Waals surface area contributed by atoms with Gasteiger partial charge in [0.1, 0.15) is 0 Å². The van der Waals surface area contributed by atoms with E-state index >= 15 is 0 Å². The van der Waals surface area contributed by atoms with Crippen LogP contribution in [0.4, 0.5) is 0 Å². The van der Waals surface area contributed by atoms with Crippen molar-refractivity contribution in [2.45, 2.75) is 52.6 Å². The summed E-state index contributed by atoms with van der Waals surface area (Å²) in [4.78, 5) is 0. The molecule has 2 bridgehead atoms. The molecule has 0 spiro atoms. The summed E-state index contributed by atoms with van der Waals surface area (Å²) in [6.45, 7) is 8.26. The molecule has 2 aliphatic carbocycles. The van der Waals surface area contributed by atoms with E-state index in [1.54, 1.807) is 0 Å². The fourth-order valence-corrected chi connectivity index (χ4v) is 5.51. The van der Waals surface area contributed by atoms with Gasteiger partial charge in [-0.2, -0.15) is 0 Å². The average Bonchev–Trinajstić information content (AvgIpc) is 2.82. The zero-order valence-electron chi connectivity index (χ0n) is 12.5. The Hall–Kier alpha value is -0.0500. The van der Waals surface area contributed by atoms with Crippen LogP contribution in [0, 0.1) is 16.7 Å². The molecule has 0 saturated heterocycles. The Morgan fingerprint density at radius 3 is 2.70 bits per heavy atom. The number of nitrogens with one attached hydrogen (secondary N) is 1. The highest BCUT2D eigenvalue weighted by Gasteiger charge is 2.58. The molecule has 1 aromatic carbocycles. The smallest absolute Gasteiger partial charge is 0.0417 e. The largest absolute Gasteiger partial charge is 0.309 e. The van der Waals surface area contributed by atoms with E-state index in [2.05, 4.69) is 48.1 Å². The van der Waals surface area contributed by atoms with Crippen molar-refractivity contribution in [2.75, 3.05) is 0 Å². The monoisotopic (exact) mass is 355 g/mol. The first-order valence-electron chi connectivity index (χ1n) is 7.50. The van der Waals surface area contributed by atoms with E-state index in [1.165, 1.54) is 24.8 Å². The average molecular weight is 357 g/mol. The third-order valence-electron chi connectivity index (χ3n) is 5.78. The van der Waals surface area contributed by atoms with Crippen molar-refractivity contribution in [1.29, 1.82) is 0 Å². The van der Waals surface area contributed by atoms with Crippen molar-refractivity contribution in [2.24, 2.45) is 16.7 Å².